The van der Waals surface area contributed by atoms with Crippen LogP contribution in [0, 0.1) is 24.2 Å². The van der Waals surface area contributed by atoms with Crippen LogP contribution >= 0.6 is 0 Å². The first-order valence-corrected chi connectivity index (χ1v) is 4.23. The van der Waals surface area contributed by atoms with Crippen molar-refractivity contribution in [3.63, 3.8) is 0 Å². The average molecular weight is 152 g/mol. The van der Waals surface area contributed by atoms with Gasteiger partial charge in [0.1, 0.15) is 0 Å². The third kappa shape index (κ3) is 1.75. The van der Waals surface area contributed by atoms with Crippen molar-refractivity contribution in [1.82, 2.24) is 0 Å². The van der Waals surface area contributed by atoms with Gasteiger partial charge in [-0.1, -0.05) is 13.8 Å². The van der Waals surface area contributed by atoms with Crippen LogP contribution < -0.4 is 0 Å². The van der Waals surface area contributed by atoms with Gasteiger partial charge < -0.3 is 5.11 Å². The Hall–Kier alpha value is -0.480. The molecule has 1 fully saturated rings. The zero-order valence-electron chi connectivity index (χ0n) is 7.30. The van der Waals surface area contributed by atoms with Gasteiger partial charge >= 0.3 is 0 Å². The summed E-state index contributed by atoms with van der Waals surface area (Å²) < 4.78 is 0. The monoisotopic (exact) mass is 152 g/mol. The Kier molecular flexibility index (Phi) is 2.25. The Labute approximate surface area is 68.8 Å². The van der Waals surface area contributed by atoms with E-state index >= 15 is 0 Å². The van der Waals surface area contributed by atoms with E-state index < -0.39 is 5.60 Å². The molecule has 0 aliphatic heterocycles. The minimum atomic E-state index is -0.510. The quantitative estimate of drug-likeness (QED) is 0.598. The lowest BCUT2D eigenvalue weighted by atomic mass is 9.65. The topological polar surface area (TPSA) is 20.2 Å². The highest BCUT2D eigenvalue weighted by Gasteiger charge is 2.42. The molecule has 0 saturated heterocycles. The standard InChI is InChI=1S/C10H16O/c1-4-5-10(11)6-9(7-10)8(2)3/h1,8-9,11H,5-7H2,2-3H3. The molecule has 11 heavy (non-hydrogen) atoms. The molecule has 1 rings (SSSR count). The van der Waals surface area contributed by atoms with Crippen molar-refractivity contribution in [2.45, 2.75) is 38.7 Å². The molecule has 1 nitrogen and oxygen atoms in total. The number of terminal acetylenes is 1. The lowest BCUT2D eigenvalue weighted by Crippen LogP contribution is -2.45. The molecule has 0 atom stereocenters. The van der Waals surface area contributed by atoms with Crippen LogP contribution in [-0.2, 0) is 0 Å². The van der Waals surface area contributed by atoms with Crippen LogP contribution in [-0.4, -0.2) is 10.7 Å². The zero-order valence-corrected chi connectivity index (χ0v) is 7.30. The molecule has 1 aliphatic carbocycles. The smallest absolute Gasteiger partial charge is 0.0761 e. The Morgan fingerprint density at radius 3 is 2.55 bits per heavy atom. The summed E-state index contributed by atoms with van der Waals surface area (Å²) in [6.45, 7) is 4.39. The lowest BCUT2D eigenvalue weighted by Gasteiger charge is -2.44. The summed E-state index contributed by atoms with van der Waals surface area (Å²) in [4.78, 5) is 0. The largest absolute Gasteiger partial charge is 0.389 e. The number of rotatable bonds is 2. The first-order chi connectivity index (χ1) is 5.07. The summed E-state index contributed by atoms with van der Waals surface area (Å²) >= 11 is 0. The maximum absolute atomic E-state index is 9.69. The van der Waals surface area contributed by atoms with E-state index in [0.29, 0.717) is 18.3 Å². The van der Waals surface area contributed by atoms with E-state index in [1.807, 2.05) is 0 Å². The molecule has 0 aromatic heterocycles. The van der Waals surface area contributed by atoms with Crippen LogP contribution in [0.2, 0.25) is 0 Å². The molecule has 1 heteroatoms. The minimum absolute atomic E-state index is 0.510. The zero-order chi connectivity index (χ0) is 8.48. The fourth-order valence-electron chi connectivity index (χ4n) is 1.72. The third-order valence-corrected chi connectivity index (χ3v) is 2.66. The highest BCUT2D eigenvalue weighted by Crippen LogP contribution is 2.43. The van der Waals surface area contributed by atoms with Crippen molar-refractivity contribution in [3.05, 3.63) is 0 Å². The third-order valence-electron chi connectivity index (χ3n) is 2.66. The predicted molar refractivity (Wildman–Crippen MR) is 46.0 cm³/mol. The van der Waals surface area contributed by atoms with Crippen LogP contribution in [0.4, 0.5) is 0 Å². The van der Waals surface area contributed by atoms with Crippen LogP contribution in [0.25, 0.3) is 0 Å². The normalized spacial score (nSPS) is 36.5. The predicted octanol–water partition coefficient (Wildman–Crippen LogP) is 1.81. The van der Waals surface area contributed by atoms with Crippen LogP contribution in [0.15, 0.2) is 0 Å². The van der Waals surface area contributed by atoms with Crippen molar-refractivity contribution in [1.29, 1.82) is 0 Å². The fraction of sp³-hybridized carbons (Fsp3) is 0.800. The number of hydrogen-bond acceptors (Lipinski definition) is 1. The summed E-state index contributed by atoms with van der Waals surface area (Å²) in [6, 6.07) is 0. The molecule has 1 N–H and O–H groups in total. The van der Waals surface area contributed by atoms with Gasteiger partial charge in [0, 0.05) is 6.42 Å². The number of aliphatic hydroxyl groups is 1. The molecule has 62 valence electrons. The van der Waals surface area contributed by atoms with E-state index in [1.165, 1.54) is 0 Å². The first kappa shape index (κ1) is 8.62. The van der Waals surface area contributed by atoms with E-state index in [2.05, 4.69) is 19.8 Å². The maximum Gasteiger partial charge on any atom is 0.0761 e. The Morgan fingerprint density at radius 1 is 1.64 bits per heavy atom. The highest BCUT2D eigenvalue weighted by molar-refractivity contribution is 5.03. The van der Waals surface area contributed by atoms with Gasteiger partial charge in [0.2, 0.25) is 0 Å². The molecular weight excluding hydrogens is 136 g/mol. The summed E-state index contributed by atoms with van der Waals surface area (Å²) in [6.07, 6.45) is 7.46. The van der Waals surface area contributed by atoms with E-state index in [4.69, 9.17) is 6.42 Å². The van der Waals surface area contributed by atoms with Gasteiger partial charge in [0.15, 0.2) is 0 Å². The SMILES string of the molecule is C#CCC1(O)CC(C(C)C)C1. The molecule has 1 saturated carbocycles. The van der Waals surface area contributed by atoms with Gasteiger partial charge in [-0.05, 0) is 24.7 Å². The summed E-state index contributed by atoms with van der Waals surface area (Å²) in [5, 5.41) is 9.69. The average Bonchev–Trinajstić information content (AvgIpc) is 1.82. The van der Waals surface area contributed by atoms with Crippen molar-refractivity contribution >= 4 is 0 Å². The van der Waals surface area contributed by atoms with Crippen molar-refractivity contribution in [3.8, 4) is 12.3 Å². The Balaban J connectivity index is 2.33. The van der Waals surface area contributed by atoms with Crippen LogP contribution in [0.1, 0.15) is 33.1 Å². The second-order valence-electron chi connectivity index (χ2n) is 4.02. The van der Waals surface area contributed by atoms with Gasteiger partial charge in [-0.3, -0.25) is 0 Å². The molecule has 1 aliphatic rings. The Morgan fingerprint density at radius 2 is 2.18 bits per heavy atom. The molecule has 0 aromatic rings. The van der Waals surface area contributed by atoms with Crippen molar-refractivity contribution in [2.24, 2.45) is 11.8 Å². The van der Waals surface area contributed by atoms with E-state index in [0.717, 1.165) is 12.8 Å². The molecule has 0 spiro atoms. The molecule has 0 bridgehead atoms. The van der Waals surface area contributed by atoms with Crippen LogP contribution in [0.3, 0.4) is 0 Å². The van der Waals surface area contributed by atoms with Gasteiger partial charge in [-0.15, -0.1) is 12.3 Å². The second-order valence-corrected chi connectivity index (χ2v) is 4.02. The van der Waals surface area contributed by atoms with Gasteiger partial charge in [0.25, 0.3) is 0 Å². The van der Waals surface area contributed by atoms with Gasteiger partial charge in [0.05, 0.1) is 5.60 Å². The first-order valence-electron chi connectivity index (χ1n) is 4.23. The molecule has 0 aromatic carbocycles. The Bertz CT molecular complexity index is 170. The molecule has 0 heterocycles. The highest BCUT2D eigenvalue weighted by atomic mass is 16.3. The van der Waals surface area contributed by atoms with E-state index in [9.17, 15) is 5.11 Å². The van der Waals surface area contributed by atoms with Crippen LogP contribution in [0.5, 0.6) is 0 Å². The number of hydrogen-bond donors (Lipinski definition) is 1. The lowest BCUT2D eigenvalue weighted by molar-refractivity contribution is -0.0824. The summed E-state index contributed by atoms with van der Waals surface area (Å²) in [7, 11) is 0. The summed E-state index contributed by atoms with van der Waals surface area (Å²) in [5.41, 5.74) is -0.510. The van der Waals surface area contributed by atoms with Crippen molar-refractivity contribution in [2.75, 3.05) is 0 Å². The molecule has 0 unspecified atom stereocenters. The molecule has 0 radical (unpaired) electrons. The minimum Gasteiger partial charge on any atom is -0.389 e. The van der Waals surface area contributed by atoms with Gasteiger partial charge in [-0.25, -0.2) is 0 Å². The van der Waals surface area contributed by atoms with Crippen molar-refractivity contribution < 1.29 is 5.11 Å². The summed E-state index contributed by atoms with van der Waals surface area (Å²) in [5.74, 6) is 3.90. The molecular formula is C10H16O. The maximum atomic E-state index is 9.69. The van der Waals surface area contributed by atoms with Gasteiger partial charge in [-0.2, -0.15) is 0 Å². The second kappa shape index (κ2) is 2.87. The molecule has 0 amide bonds. The van der Waals surface area contributed by atoms with E-state index in [-0.39, 0.29) is 0 Å². The van der Waals surface area contributed by atoms with E-state index in [1.54, 1.807) is 0 Å². The fourth-order valence-corrected chi connectivity index (χ4v) is 1.72.